The first-order valence-electron chi connectivity index (χ1n) is 11.0. The Kier molecular flexibility index (Phi) is 10.1. The van der Waals surface area contributed by atoms with Gasteiger partial charge in [-0.25, -0.2) is 0 Å². The van der Waals surface area contributed by atoms with E-state index in [1.807, 2.05) is 97.1 Å². The van der Waals surface area contributed by atoms with Crippen molar-refractivity contribution in [1.29, 1.82) is 0 Å². The van der Waals surface area contributed by atoms with Gasteiger partial charge in [0.05, 0.1) is 0 Å². The third kappa shape index (κ3) is 8.60. The maximum atomic E-state index is 12.2. The van der Waals surface area contributed by atoms with Gasteiger partial charge in [-0.1, -0.05) is 0 Å². The van der Waals surface area contributed by atoms with Crippen LogP contribution in [0.4, 0.5) is 0 Å². The van der Waals surface area contributed by atoms with Crippen molar-refractivity contribution in [1.82, 2.24) is 0 Å². The van der Waals surface area contributed by atoms with E-state index in [0.717, 1.165) is 11.1 Å². The van der Waals surface area contributed by atoms with Crippen LogP contribution in [0.5, 0.6) is 23.0 Å². The van der Waals surface area contributed by atoms with Gasteiger partial charge in [0.25, 0.3) is 0 Å². The predicted molar refractivity (Wildman–Crippen MR) is 133 cm³/mol. The summed E-state index contributed by atoms with van der Waals surface area (Å²) in [5.41, 5.74) is 1.48. The molecular weight excluding hydrogens is 475 g/mol. The van der Waals surface area contributed by atoms with E-state index in [4.69, 9.17) is 17.1 Å². The molecule has 0 aromatic heterocycles. The van der Waals surface area contributed by atoms with Crippen molar-refractivity contribution >= 4 is 27.8 Å². The van der Waals surface area contributed by atoms with Crippen molar-refractivity contribution in [2.45, 2.75) is 12.8 Å². The summed E-state index contributed by atoms with van der Waals surface area (Å²) >= 11 is -1.25. The Labute approximate surface area is 215 Å². The van der Waals surface area contributed by atoms with Crippen LogP contribution in [-0.2, 0) is 30.0 Å². The molecule has 1 N–H and O–H groups in total. The molecule has 0 saturated carbocycles. The molecule has 36 heavy (non-hydrogen) atoms. The zero-order chi connectivity index (χ0) is 24.3. The molecule has 0 unspecified atom stereocenters. The molecule has 0 saturated heterocycles. The van der Waals surface area contributed by atoms with E-state index >= 15 is 0 Å². The van der Waals surface area contributed by atoms with E-state index in [2.05, 4.69) is 0 Å². The molecule has 8 heteroatoms. The number of hydrogen-bond donors (Lipinski definition) is 0. The third-order valence-electron chi connectivity index (χ3n) is 4.81. The van der Waals surface area contributed by atoms with Gasteiger partial charge in [-0.3, -0.25) is 0 Å². The summed E-state index contributed by atoms with van der Waals surface area (Å²) in [6.07, 6.45) is 0.102. The Morgan fingerprint density at radius 1 is 0.528 bits per heavy atom. The Hall–Kier alpha value is -4.09. The first-order valence-corrected chi connectivity index (χ1v) is 11.9. The molecule has 0 bridgehead atoms. The zero-order valence-electron chi connectivity index (χ0n) is 19.3. The van der Waals surface area contributed by atoms with E-state index in [0.29, 0.717) is 23.0 Å². The standard InChI is InChI=1S/2C14H12O3.Al.H2O/c2*15-14(16)10-11-5-4-8-13(9-11)17-12-6-2-1-3-7-12;;/h2*1-9H,10H2,(H,15,16);;1H2/q;;+3;/p-3. The molecule has 4 rings (SSSR count). The molecule has 0 amide bonds. The summed E-state index contributed by atoms with van der Waals surface area (Å²) in [7, 11) is 0. The van der Waals surface area contributed by atoms with Crippen LogP contribution in [0.15, 0.2) is 109 Å². The molecule has 0 aliphatic carbocycles. The molecule has 7 nitrogen and oxygen atoms in total. The van der Waals surface area contributed by atoms with E-state index < -0.39 is 27.8 Å². The minimum absolute atomic E-state index is 0. The molecule has 0 atom stereocenters. The van der Waals surface area contributed by atoms with Crippen LogP contribution in [0.1, 0.15) is 11.1 Å². The van der Waals surface area contributed by atoms with Gasteiger partial charge in [-0.2, -0.15) is 0 Å². The first-order chi connectivity index (χ1) is 17.1. The van der Waals surface area contributed by atoms with Gasteiger partial charge in [0.15, 0.2) is 0 Å². The van der Waals surface area contributed by atoms with Crippen LogP contribution in [-0.4, -0.2) is 33.3 Å². The Bertz CT molecular complexity index is 1160. The van der Waals surface area contributed by atoms with Crippen LogP contribution in [0.3, 0.4) is 0 Å². The van der Waals surface area contributed by atoms with E-state index in [1.54, 1.807) is 12.1 Å². The summed E-state index contributed by atoms with van der Waals surface area (Å²) in [6, 6.07) is 33.2. The van der Waals surface area contributed by atoms with Crippen molar-refractivity contribution in [3.63, 3.8) is 0 Å². The monoisotopic (exact) mass is 498 g/mol. The van der Waals surface area contributed by atoms with Crippen molar-refractivity contribution in [2.24, 2.45) is 0 Å². The number of hydrogen-bond acceptors (Lipinski definition) is 7. The maximum absolute atomic E-state index is 12.2. The van der Waals surface area contributed by atoms with E-state index in [9.17, 15) is 9.59 Å². The van der Waals surface area contributed by atoms with E-state index in [1.165, 1.54) is 0 Å². The minimum Gasteiger partial charge on any atom is -0.870 e. The summed E-state index contributed by atoms with van der Waals surface area (Å²) in [5.74, 6) is 1.73. The maximum Gasteiger partial charge on any atom is -0.870 e. The first kappa shape index (κ1) is 26.5. The predicted octanol–water partition coefficient (Wildman–Crippen LogP) is 5.50. The van der Waals surface area contributed by atoms with Crippen molar-refractivity contribution < 1.29 is 32.1 Å². The van der Waals surface area contributed by atoms with Crippen LogP contribution in [0.2, 0.25) is 0 Å². The number of benzene rings is 4. The molecule has 0 spiro atoms. The Morgan fingerprint density at radius 2 is 0.917 bits per heavy atom. The molecule has 4 aromatic carbocycles. The Morgan fingerprint density at radius 3 is 1.33 bits per heavy atom. The average molecular weight is 498 g/mol. The number of rotatable bonds is 10. The molecule has 0 aliphatic heterocycles. The van der Waals surface area contributed by atoms with E-state index in [-0.39, 0.29) is 18.3 Å². The van der Waals surface area contributed by atoms with Gasteiger partial charge in [0.1, 0.15) is 0 Å². The van der Waals surface area contributed by atoms with Gasteiger partial charge >= 0.3 is 211 Å². The SMILES string of the molecule is O=C(Cc1cccc(Oc2ccccc2)c1)[O][Al+][O]C(=O)Cc1cccc(Oc2ccccc2)c1.[OH-]. The smallest absolute Gasteiger partial charge is 0.870 e. The Balaban J connectivity index is 0.00000361. The molecule has 0 fully saturated rings. The van der Waals surface area contributed by atoms with Gasteiger partial charge in [0, 0.05) is 0 Å². The zero-order valence-corrected chi connectivity index (χ0v) is 20.4. The van der Waals surface area contributed by atoms with Crippen molar-refractivity contribution in [3.8, 4) is 23.0 Å². The fraction of sp³-hybridized carbons (Fsp3) is 0.0714. The molecule has 180 valence electrons. The number of carbonyl (C=O) groups is 2. The molecular formula is C28H23AlO7. The van der Waals surface area contributed by atoms with Crippen LogP contribution in [0, 0.1) is 0 Å². The number of ether oxygens (including phenoxy) is 2. The topological polar surface area (TPSA) is 101 Å². The fourth-order valence-electron chi connectivity index (χ4n) is 3.24. The van der Waals surface area contributed by atoms with Gasteiger partial charge < -0.3 is 5.48 Å². The van der Waals surface area contributed by atoms with Crippen molar-refractivity contribution in [2.75, 3.05) is 0 Å². The minimum atomic E-state index is -1.25. The summed E-state index contributed by atoms with van der Waals surface area (Å²) in [4.78, 5) is 24.4. The average Bonchev–Trinajstić information content (AvgIpc) is 2.86. The normalized spacial score (nSPS) is 9.78. The summed E-state index contributed by atoms with van der Waals surface area (Å²) in [6.45, 7) is 0. The molecule has 4 aromatic rings. The molecule has 0 aliphatic rings. The molecule has 0 heterocycles. The largest absolute Gasteiger partial charge is 0.870 e. The second-order valence-corrected chi connectivity index (χ2v) is 8.22. The van der Waals surface area contributed by atoms with Crippen molar-refractivity contribution in [3.05, 3.63) is 120 Å². The van der Waals surface area contributed by atoms with Gasteiger partial charge in [-0.15, -0.1) is 0 Å². The third-order valence-corrected chi connectivity index (χ3v) is 5.53. The fourth-order valence-corrected chi connectivity index (χ4v) is 3.66. The van der Waals surface area contributed by atoms with Crippen LogP contribution >= 0.6 is 0 Å². The van der Waals surface area contributed by atoms with Gasteiger partial charge in [-0.05, 0) is 0 Å². The quantitative estimate of drug-likeness (QED) is 0.266. The summed E-state index contributed by atoms with van der Waals surface area (Å²) < 4.78 is 21.9. The van der Waals surface area contributed by atoms with Gasteiger partial charge in [0.2, 0.25) is 0 Å². The summed E-state index contributed by atoms with van der Waals surface area (Å²) in [5, 5.41) is 0. The number of para-hydroxylation sites is 2. The molecule has 0 radical (unpaired) electrons. The van der Waals surface area contributed by atoms with Crippen LogP contribution < -0.4 is 9.47 Å². The second-order valence-electron chi connectivity index (χ2n) is 7.55. The van der Waals surface area contributed by atoms with Crippen LogP contribution in [0.25, 0.3) is 0 Å². The number of carbonyl (C=O) groups excluding carboxylic acids is 2. The second kappa shape index (κ2) is 13.7.